The molecule has 0 aliphatic rings. The number of halogens is 1. The molecule has 3 aromatic carbocycles. The predicted molar refractivity (Wildman–Crippen MR) is 121 cm³/mol. The summed E-state index contributed by atoms with van der Waals surface area (Å²) in [6.45, 7) is 3.69. The van der Waals surface area contributed by atoms with Gasteiger partial charge in [0.25, 0.3) is 5.91 Å². The monoisotopic (exact) mass is 412 g/mol. The summed E-state index contributed by atoms with van der Waals surface area (Å²) < 4.78 is 15.9. The summed E-state index contributed by atoms with van der Waals surface area (Å²) in [6, 6.07) is 28.2. The number of rotatable bonds is 7. The van der Waals surface area contributed by atoms with Gasteiger partial charge in [0, 0.05) is 30.5 Å². The molecule has 4 heteroatoms. The fraction of sp³-hybridized carbons (Fsp3) is 0.148. The number of amides is 1. The lowest BCUT2D eigenvalue weighted by Crippen LogP contribution is -2.31. The Morgan fingerprint density at radius 2 is 1.61 bits per heavy atom. The number of carbonyl (C=O) groups excluding carboxylic acids is 1. The van der Waals surface area contributed by atoms with Crippen molar-refractivity contribution in [3.05, 3.63) is 131 Å². The minimum atomic E-state index is -0.409. The van der Waals surface area contributed by atoms with Crippen LogP contribution in [0.15, 0.2) is 97.2 Å². The normalized spacial score (nSPS) is 10.8. The lowest BCUT2D eigenvalue weighted by molar-refractivity contribution is 0.0725. The summed E-state index contributed by atoms with van der Waals surface area (Å²) in [5, 5.41) is 0. The van der Waals surface area contributed by atoms with Crippen LogP contribution < -0.4 is 0 Å². The van der Waals surface area contributed by atoms with Crippen molar-refractivity contribution >= 4 is 5.91 Å². The molecule has 3 nitrogen and oxygen atoms in total. The van der Waals surface area contributed by atoms with E-state index in [0.717, 1.165) is 17.8 Å². The smallest absolute Gasteiger partial charge is 0.254 e. The van der Waals surface area contributed by atoms with E-state index in [9.17, 15) is 9.18 Å². The van der Waals surface area contributed by atoms with E-state index in [1.54, 1.807) is 17.0 Å². The molecule has 0 aliphatic carbocycles. The van der Waals surface area contributed by atoms with E-state index in [1.165, 1.54) is 23.3 Å². The van der Waals surface area contributed by atoms with Crippen LogP contribution in [-0.2, 0) is 19.6 Å². The molecule has 0 saturated heterocycles. The van der Waals surface area contributed by atoms with E-state index in [1.807, 2.05) is 48.7 Å². The minimum absolute atomic E-state index is 0.188. The summed E-state index contributed by atoms with van der Waals surface area (Å²) >= 11 is 0. The molecule has 0 saturated carbocycles. The second-order valence-corrected chi connectivity index (χ2v) is 7.77. The number of carbonyl (C=O) groups is 1. The van der Waals surface area contributed by atoms with Gasteiger partial charge < -0.3 is 9.47 Å². The second kappa shape index (κ2) is 9.43. The zero-order valence-electron chi connectivity index (χ0n) is 17.5. The molecule has 0 aliphatic heterocycles. The standard InChI is InChI=1S/C27H25FN2O/c1-21-12-14-23(15-13-21)18-29-16-6-11-26(29)20-30(19-22-7-3-2-4-8-22)27(31)24-9-5-10-25(28)17-24/h2-17H,18-20H2,1H3. The van der Waals surface area contributed by atoms with Gasteiger partial charge in [-0.05, 0) is 48.4 Å². The first-order valence-corrected chi connectivity index (χ1v) is 10.4. The molecule has 1 heterocycles. The van der Waals surface area contributed by atoms with Gasteiger partial charge in [-0.3, -0.25) is 4.79 Å². The van der Waals surface area contributed by atoms with E-state index in [2.05, 4.69) is 35.8 Å². The molecule has 1 amide bonds. The molecule has 0 atom stereocenters. The van der Waals surface area contributed by atoms with Crippen molar-refractivity contribution in [2.24, 2.45) is 0 Å². The number of hydrogen-bond acceptors (Lipinski definition) is 1. The maximum Gasteiger partial charge on any atom is 0.254 e. The second-order valence-electron chi connectivity index (χ2n) is 7.77. The van der Waals surface area contributed by atoms with Crippen molar-refractivity contribution in [2.45, 2.75) is 26.6 Å². The maximum atomic E-state index is 13.8. The van der Waals surface area contributed by atoms with Gasteiger partial charge in [-0.2, -0.15) is 0 Å². The van der Waals surface area contributed by atoms with Crippen molar-refractivity contribution in [3.8, 4) is 0 Å². The zero-order chi connectivity index (χ0) is 21.6. The Morgan fingerprint density at radius 1 is 0.839 bits per heavy atom. The highest BCUT2D eigenvalue weighted by atomic mass is 19.1. The van der Waals surface area contributed by atoms with Gasteiger partial charge in [0.2, 0.25) is 0 Å². The van der Waals surface area contributed by atoms with Crippen LogP contribution >= 0.6 is 0 Å². The Labute approximate surface area is 182 Å². The molecule has 31 heavy (non-hydrogen) atoms. The van der Waals surface area contributed by atoms with Crippen LogP contribution in [0.2, 0.25) is 0 Å². The summed E-state index contributed by atoms with van der Waals surface area (Å²) in [5.74, 6) is -0.598. The van der Waals surface area contributed by atoms with E-state index in [-0.39, 0.29) is 5.91 Å². The average molecular weight is 413 g/mol. The highest BCUT2D eigenvalue weighted by Gasteiger charge is 2.19. The molecule has 0 unspecified atom stereocenters. The van der Waals surface area contributed by atoms with E-state index in [0.29, 0.717) is 18.7 Å². The van der Waals surface area contributed by atoms with Crippen molar-refractivity contribution in [1.82, 2.24) is 9.47 Å². The summed E-state index contributed by atoms with van der Waals surface area (Å²) in [4.78, 5) is 15.1. The van der Waals surface area contributed by atoms with Crippen LogP contribution in [0, 0.1) is 12.7 Å². The minimum Gasteiger partial charge on any atom is -0.345 e. The summed E-state index contributed by atoms with van der Waals surface area (Å²) in [6.07, 6.45) is 2.03. The molecule has 4 rings (SSSR count). The Balaban J connectivity index is 1.60. The molecule has 4 aromatic rings. The van der Waals surface area contributed by atoms with Crippen LogP contribution in [0.5, 0.6) is 0 Å². The van der Waals surface area contributed by atoms with E-state index >= 15 is 0 Å². The average Bonchev–Trinajstić information content (AvgIpc) is 3.21. The van der Waals surface area contributed by atoms with Gasteiger partial charge >= 0.3 is 0 Å². The molecule has 0 radical (unpaired) electrons. The Bertz CT molecular complexity index is 1150. The van der Waals surface area contributed by atoms with Gasteiger partial charge in [-0.1, -0.05) is 66.2 Å². The number of hydrogen-bond donors (Lipinski definition) is 0. The van der Waals surface area contributed by atoms with Crippen molar-refractivity contribution in [2.75, 3.05) is 0 Å². The highest BCUT2D eigenvalue weighted by Crippen LogP contribution is 2.17. The van der Waals surface area contributed by atoms with Crippen molar-refractivity contribution in [1.29, 1.82) is 0 Å². The summed E-state index contributed by atoms with van der Waals surface area (Å²) in [5.41, 5.74) is 4.85. The van der Waals surface area contributed by atoms with Gasteiger partial charge in [0.15, 0.2) is 0 Å². The van der Waals surface area contributed by atoms with Gasteiger partial charge in [-0.15, -0.1) is 0 Å². The van der Waals surface area contributed by atoms with E-state index < -0.39 is 5.82 Å². The maximum absolute atomic E-state index is 13.8. The van der Waals surface area contributed by atoms with E-state index in [4.69, 9.17) is 0 Å². The van der Waals surface area contributed by atoms with Crippen LogP contribution in [-0.4, -0.2) is 15.4 Å². The third-order valence-corrected chi connectivity index (χ3v) is 5.32. The molecular formula is C27H25FN2O. The first-order chi connectivity index (χ1) is 15.1. The van der Waals surface area contributed by atoms with Gasteiger partial charge in [-0.25, -0.2) is 4.39 Å². The molecule has 1 aromatic heterocycles. The van der Waals surface area contributed by atoms with Crippen LogP contribution in [0.1, 0.15) is 32.7 Å². The Hall–Kier alpha value is -3.66. The van der Waals surface area contributed by atoms with Crippen molar-refractivity contribution < 1.29 is 9.18 Å². The molecule has 0 bridgehead atoms. The van der Waals surface area contributed by atoms with Crippen LogP contribution in [0.25, 0.3) is 0 Å². The topological polar surface area (TPSA) is 25.2 Å². The molecule has 0 N–H and O–H groups in total. The lowest BCUT2D eigenvalue weighted by atomic mass is 10.1. The largest absolute Gasteiger partial charge is 0.345 e. The summed E-state index contributed by atoms with van der Waals surface area (Å²) in [7, 11) is 0. The van der Waals surface area contributed by atoms with Gasteiger partial charge in [0.1, 0.15) is 5.82 Å². The predicted octanol–water partition coefficient (Wildman–Crippen LogP) is 5.83. The zero-order valence-corrected chi connectivity index (χ0v) is 17.5. The van der Waals surface area contributed by atoms with Crippen molar-refractivity contribution in [3.63, 3.8) is 0 Å². The number of nitrogens with zero attached hydrogens (tertiary/aromatic N) is 2. The lowest BCUT2D eigenvalue weighted by Gasteiger charge is -2.24. The number of benzene rings is 3. The van der Waals surface area contributed by atoms with Crippen LogP contribution in [0.4, 0.5) is 4.39 Å². The number of aromatic nitrogens is 1. The third kappa shape index (κ3) is 5.28. The fourth-order valence-corrected chi connectivity index (χ4v) is 3.64. The molecule has 156 valence electrons. The third-order valence-electron chi connectivity index (χ3n) is 5.32. The quantitative estimate of drug-likeness (QED) is 0.375. The molecular weight excluding hydrogens is 387 g/mol. The first-order valence-electron chi connectivity index (χ1n) is 10.4. The molecule has 0 fully saturated rings. The first kappa shape index (κ1) is 20.6. The Morgan fingerprint density at radius 3 is 2.35 bits per heavy atom. The molecule has 0 spiro atoms. The SMILES string of the molecule is Cc1ccc(Cn2cccc2CN(Cc2ccccc2)C(=O)c2cccc(F)c2)cc1. The Kier molecular flexibility index (Phi) is 6.27. The fourth-order valence-electron chi connectivity index (χ4n) is 3.64. The van der Waals surface area contributed by atoms with Gasteiger partial charge in [0.05, 0.1) is 6.54 Å². The highest BCUT2D eigenvalue weighted by molar-refractivity contribution is 5.94. The van der Waals surface area contributed by atoms with Crippen LogP contribution in [0.3, 0.4) is 0 Å². The number of aryl methyl sites for hydroxylation is 1.